The Labute approximate surface area is 115 Å². The Morgan fingerprint density at radius 2 is 2.00 bits per heavy atom. The quantitative estimate of drug-likeness (QED) is 0.905. The Morgan fingerprint density at radius 1 is 1.32 bits per heavy atom. The molecule has 3 heteroatoms. The smallest absolute Gasteiger partial charge is 0.227 e. The number of aryl methyl sites for hydroxylation is 1. The third-order valence-electron chi connectivity index (χ3n) is 4.12. The number of nitrogens with two attached hydrogens (primary N) is 1. The highest BCUT2D eigenvalue weighted by molar-refractivity contribution is 5.93. The van der Waals surface area contributed by atoms with E-state index in [9.17, 15) is 4.79 Å². The summed E-state index contributed by atoms with van der Waals surface area (Å²) in [6.45, 7) is 4.79. The van der Waals surface area contributed by atoms with Gasteiger partial charge in [0.2, 0.25) is 5.91 Å². The largest absolute Gasteiger partial charge is 0.327 e. The van der Waals surface area contributed by atoms with Gasteiger partial charge < -0.3 is 10.6 Å². The molecule has 0 unspecified atom stereocenters. The highest BCUT2D eigenvalue weighted by atomic mass is 16.2. The number of hydrogen-bond acceptors (Lipinski definition) is 2. The fourth-order valence-corrected chi connectivity index (χ4v) is 2.88. The average Bonchev–Trinajstić information content (AvgIpc) is 2.78. The molecule has 2 N–H and O–H groups in total. The molecule has 0 saturated heterocycles. The maximum Gasteiger partial charge on any atom is 0.227 e. The zero-order valence-corrected chi connectivity index (χ0v) is 11.9. The summed E-state index contributed by atoms with van der Waals surface area (Å²) in [6.07, 6.45) is 3.91. The van der Waals surface area contributed by atoms with Crippen molar-refractivity contribution in [2.45, 2.75) is 45.6 Å². The van der Waals surface area contributed by atoms with E-state index in [0.717, 1.165) is 24.9 Å². The topological polar surface area (TPSA) is 46.3 Å². The number of benzene rings is 1. The Balaban J connectivity index is 2.04. The minimum atomic E-state index is 0.203. The summed E-state index contributed by atoms with van der Waals surface area (Å²) in [6, 6.07) is 8.34. The molecule has 104 valence electrons. The van der Waals surface area contributed by atoms with Crippen LogP contribution in [-0.4, -0.2) is 18.5 Å². The molecule has 0 heterocycles. The van der Waals surface area contributed by atoms with Gasteiger partial charge in [0.15, 0.2) is 0 Å². The van der Waals surface area contributed by atoms with Crippen LogP contribution in [0.5, 0.6) is 0 Å². The number of rotatable bonds is 4. The maximum atomic E-state index is 12.4. The summed E-state index contributed by atoms with van der Waals surface area (Å²) < 4.78 is 0. The molecule has 0 radical (unpaired) electrons. The van der Waals surface area contributed by atoms with Crippen LogP contribution in [0.15, 0.2) is 24.3 Å². The lowest BCUT2D eigenvalue weighted by molar-refractivity contribution is -0.119. The van der Waals surface area contributed by atoms with Crippen molar-refractivity contribution in [2.75, 3.05) is 11.4 Å². The molecule has 19 heavy (non-hydrogen) atoms. The fraction of sp³-hybridized carbons (Fsp3) is 0.562. The molecule has 2 rings (SSSR count). The van der Waals surface area contributed by atoms with E-state index in [0.29, 0.717) is 18.9 Å². The van der Waals surface area contributed by atoms with Crippen LogP contribution in [0.25, 0.3) is 0 Å². The van der Waals surface area contributed by atoms with E-state index in [1.807, 2.05) is 36.1 Å². The molecule has 1 aromatic carbocycles. The maximum absolute atomic E-state index is 12.4. The molecule has 0 bridgehead atoms. The van der Waals surface area contributed by atoms with E-state index in [1.165, 1.54) is 5.56 Å². The summed E-state index contributed by atoms with van der Waals surface area (Å²) in [5.74, 6) is 0.570. The molecule has 1 amide bonds. The summed E-state index contributed by atoms with van der Waals surface area (Å²) in [5.41, 5.74) is 8.26. The van der Waals surface area contributed by atoms with Crippen LogP contribution in [-0.2, 0) is 4.79 Å². The monoisotopic (exact) mass is 260 g/mol. The summed E-state index contributed by atoms with van der Waals surface area (Å²) in [7, 11) is 0. The lowest BCUT2D eigenvalue weighted by Crippen LogP contribution is -2.35. The van der Waals surface area contributed by atoms with E-state index in [-0.39, 0.29) is 11.9 Å². The van der Waals surface area contributed by atoms with Crippen molar-refractivity contribution in [1.82, 2.24) is 0 Å². The molecule has 0 spiro atoms. The number of amides is 1. The van der Waals surface area contributed by atoms with Crippen LogP contribution in [0.1, 0.15) is 38.2 Å². The van der Waals surface area contributed by atoms with Gasteiger partial charge in [0.25, 0.3) is 0 Å². The first-order valence-corrected chi connectivity index (χ1v) is 7.24. The standard InChI is InChI=1S/C16H24N2O/c1-3-18(14-9-7-12(2)8-10-14)16(19)11-13-5-4-6-15(13)17/h7-10,13,15H,3-6,11,17H2,1-2H3/t13-,15+/m0/s1. The van der Waals surface area contributed by atoms with Crippen molar-refractivity contribution in [3.63, 3.8) is 0 Å². The zero-order valence-electron chi connectivity index (χ0n) is 11.9. The highest BCUT2D eigenvalue weighted by Crippen LogP contribution is 2.28. The Hall–Kier alpha value is -1.35. The van der Waals surface area contributed by atoms with E-state index in [1.54, 1.807) is 0 Å². The molecule has 0 aromatic heterocycles. The second kappa shape index (κ2) is 6.20. The fourth-order valence-electron chi connectivity index (χ4n) is 2.88. The van der Waals surface area contributed by atoms with Crippen molar-refractivity contribution >= 4 is 11.6 Å². The molecule has 1 saturated carbocycles. The van der Waals surface area contributed by atoms with Gasteiger partial charge in [0.05, 0.1) is 0 Å². The van der Waals surface area contributed by atoms with Crippen molar-refractivity contribution in [3.05, 3.63) is 29.8 Å². The van der Waals surface area contributed by atoms with Crippen molar-refractivity contribution in [2.24, 2.45) is 11.7 Å². The summed E-state index contributed by atoms with van der Waals surface area (Å²) >= 11 is 0. The molecular formula is C16H24N2O. The van der Waals surface area contributed by atoms with Crippen LogP contribution in [0.3, 0.4) is 0 Å². The van der Waals surface area contributed by atoms with Crippen LogP contribution in [0.2, 0.25) is 0 Å². The van der Waals surface area contributed by atoms with E-state index >= 15 is 0 Å². The Bertz CT molecular complexity index is 427. The van der Waals surface area contributed by atoms with Gasteiger partial charge in [0, 0.05) is 24.7 Å². The van der Waals surface area contributed by atoms with E-state index in [2.05, 4.69) is 6.92 Å². The van der Waals surface area contributed by atoms with Crippen molar-refractivity contribution in [3.8, 4) is 0 Å². The summed E-state index contributed by atoms with van der Waals surface area (Å²) in [4.78, 5) is 14.3. The first kappa shape index (κ1) is 14.1. The number of carbonyl (C=O) groups excluding carboxylic acids is 1. The second-order valence-corrected chi connectivity index (χ2v) is 5.53. The molecule has 1 aliphatic rings. The first-order chi connectivity index (χ1) is 9.11. The first-order valence-electron chi connectivity index (χ1n) is 7.24. The van der Waals surface area contributed by atoms with Gasteiger partial charge in [-0.05, 0) is 44.7 Å². The van der Waals surface area contributed by atoms with Gasteiger partial charge in [-0.15, -0.1) is 0 Å². The number of nitrogens with zero attached hydrogens (tertiary/aromatic N) is 1. The average molecular weight is 260 g/mol. The molecule has 1 fully saturated rings. The molecule has 2 atom stereocenters. The minimum Gasteiger partial charge on any atom is -0.327 e. The molecular weight excluding hydrogens is 236 g/mol. The van der Waals surface area contributed by atoms with Gasteiger partial charge in [0.1, 0.15) is 0 Å². The van der Waals surface area contributed by atoms with Crippen LogP contribution < -0.4 is 10.6 Å². The normalized spacial score (nSPS) is 22.5. The zero-order chi connectivity index (χ0) is 13.8. The van der Waals surface area contributed by atoms with Gasteiger partial charge >= 0.3 is 0 Å². The van der Waals surface area contributed by atoms with Gasteiger partial charge in [-0.2, -0.15) is 0 Å². The van der Waals surface area contributed by atoms with Crippen LogP contribution in [0, 0.1) is 12.8 Å². The lowest BCUT2D eigenvalue weighted by atomic mass is 9.99. The highest BCUT2D eigenvalue weighted by Gasteiger charge is 2.27. The predicted octanol–water partition coefficient (Wildman–Crippen LogP) is 2.87. The summed E-state index contributed by atoms with van der Waals surface area (Å²) in [5, 5.41) is 0. The third kappa shape index (κ3) is 3.35. The number of carbonyl (C=O) groups is 1. The number of anilines is 1. The van der Waals surface area contributed by atoms with E-state index < -0.39 is 0 Å². The molecule has 1 aromatic rings. The van der Waals surface area contributed by atoms with Crippen molar-refractivity contribution in [1.29, 1.82) is 0 Å². The van der Waals surface area contributed by atoms with E-state index in [4.69, 9.17) is 5.73 Å². The Morgan fingerprint density at radius 3 is 2.53 bits per heavy atom. The third-order valence-corrected chi connectivity index (χ3v) is 4.12. The van der Waals surface area contributed by atoms with Crippen LogP contribution >= 0.6 is 0 Å². The molecule has 0 aliphatic heterocycles. The van der Waals surface area contributed by atoms with Crippen molar-refractivity contribution < 1.29 is 4.79 Å². The van der Waals surface area contributed by atoms with Crippen LogP contribution in [0.4, 0.5) is 5.69 Å². The van der Waals surface area contributed by atoms with Gasteiger partial charge in [-0.3, -0.25) is 4.79 Å². The molecule has 1 aliphatic carbocycles. The minimum absolute atomic E-state index is 0.203. The second-order valence-electron chi connectivity index (χ2n) is 5.53. The van der Waals surface area contributed by atoms with Gasteiger partial charge in [-0.25, -0.2) is 0 Å². The molecule has 3 nitrogen and oxygen atoms in total. The SMILES string of the molecule is CCN(C(=O)C[C@@H]1CCC[C@H]1N)c1ccc(C)cc1. The number of hydrogen-bond donors (Lipinski definition) is 1. The lowest BCUT2D eigenvalue weighted by Gasteiger charge is -2.24. The predicted molar refractivity (Wildman–Crippen MR) is 79.1 cm³/mol. The Kier molecular flexibility index (Phi) is 4.59. The van der Waals surface area contributed by atoms with Gasteiger partial charge in [-0.1, -0.05) is 24.1 Å².